The number of carbonyl (C=O) groups excluding carboxylic acids is 3. The topological polar surface area (TPSA) is 131 Å². The fourth-order valence-corrected chi connectivity index (χ4v) is 3.39. The van der Waals surface area contributed by atoms with Gasteiger partial charge in [-0.15, -0.1) is 12.4 Å². The minimum Gasteiger partial charge on any atom is -0.508 e. The highest BCUT2D eigenvalue weighted by Gasteiger charge is 2.32. The quantitative estimate of drug-likeness (QED) is 0.319. The average molecular weight is 520 g/mol. The highest BCUT2D eigenvalue weighted by atomic mass is 35.5. The third-order valence-electron chi connectivity index (χ3n) is 6.02. The molecule has 9 heteroatoms. The molecule has 0 saturated heterocycles. The van der Waals surface area contributed by atoms with Gasteiger partial charge in [0.15, 0.2) is 0 Å². The third-order valence-corrected chi connectivity index (χ3v) is 6.02. The van der Waals surface area contributed by atoms with Crippen molar-refractivity contribution in [1.82, 2.24) is 10.6 Å². The SMILES string of the molecule is CCC(C)[C@H](NC(=O)[C@H](Cc1ccc(O)cc1)NC(=O)[C@@H](N)C(C)C)C(=O)OCc1ccccc1.Cl. The second-order valence-corrected chi connectivity index (χ2v) is 9.17. The maximum Gasteiger partial charge on any atom is 0.329 e. The zero-order valence-electron chi connectivity index (χ0n) is 21.3. The number of nitrogens with one attached hydrogen (secondary N) is 2. The van der Waals surface area contributed by atoms with Crippen molar-refractivity contribution in [3.05, 3.63) is 65.7 Å². The molecule has 0 bridgehead atoms. The maximum absolute atomic E-state index is 13.3. The zero-order chi connectivity index (χ0) is 26.0. The molecule has 0 aromatic heterocycles. The molecule has 4 atom stereocenters. The van der Waals surface area contributed by atoms with Crippen LogP contribution in [0, 0.1) is 11.8 Å². The molecular formula is C27H38ClN3O5. The molecule has 0 saturated carbocycles. The number of hydrogen-bond donors (Lipinski definition) is 4. The van der Waals surface area contributed by atoms with E-state index in [1.807, 2.05) is 58.0 Å². The van der Waals surface area contributed by atoms with Crippen LogP contribution in [0.2, 0.25) is 0 Å². The summed E-state index contributed by atoms with van der Waals surface area (Å²) in [6.07, 6.45) is 0.799. The monoisotopic (exact) mass is 519 g/mol. The van der Waals surface area contributed by atoms with Crippen LogP contribution in [0.1, 0.15) is 45.2 Å². The summed E-state index contributed by atoms with van der Waals surface area (Å²) in [5, 5.41) is 15.1. The van der Waals surface area contributed by atoms with Crippen LogP contribution in [0.4, 0.5) is 0 Å². The van der Waals surface area contributed by atoms with Crippen LogP contribution in [-0.4, -0.2) is 41.0 Å². The molecule has 0 aliphatic carbocycles. The number of rotatable bonds is 12. The largest absolute Gasteiger partial charge is 0.508 e. The molecule has 5 N–H and O–H groups in total. The fourth-order valence-electron chi connectivity index (χ4n) is 3.39. The molecule has 0 aliphatic rings. The van der Waals surface area contributed by atoms with Crippen LogP contribution >= 0.6 is 12.4 Å². The molecule has 0 spiro atoms. The van der Waals surface area contributed by atoms with Gasteiger partial charge < -0.3 is 26.2 Å². The van der Waals surface area contributed by atoms with Gasteiger partial charge in [-0.2, -0.15) is 0 Å². The van der Waals surface area contributed by atoms with E-state index in [0.717, 1.165) is 11.1 Å². The zero-order valence-corrected chi connectivity index (χ0v) is 22.1. The maximum atomic E-state index is 13.3. The number of carbonyl (C=O) groups is 3. The summed E-state index contributed by atoms with van der Waals surface area (Å²) in [6.45, 7) is 7.52. The molecule has 36 heavy (non-hydrogen) atoms. The lowest BCUT2D eigenvalue weighted by Crippen LogP contribution is -2.57. The molecule has 1 unspecified atom stereocenters. The molecule has 2 aromatic carbocycles. The van der Waals surface area contributed by atoms with Gasteiger partial charge >= 0.3 is 5.97 Å². The van der Waals surface area contributed by atoms with Crippen LogP contribution in [0.25, 0.3) is 0 Å². The van der Waals surface area contributed by atoms with Crippen molar-refractivity contribution >= 4 is 30.2 Å². The smallest absolute Gasteiger partial charge is 0.329 e. The Morgan fingerprint density at radius 2 is 1.53 bits per heavy atom. The summed E-state index contributed by atoms with van der Waals surface area (Å²) in [5.41, 5.74) is 7.56. The number of esters is 1. The predicted octanol–water partition coefficient (Wildman–Crippen LogP) is 3.10. The molecule has 0 fully saturated rings. The van der Waals surface area contributed by atoms with Crippen molar-refractivity contribution in [2.75, 3.05) is 0 Å². The summed E-state index contributed by atoms with van der Waals surface area (Å²) < 4.78 is 5.49. The van der Waals surface area contributed by atoms with Crippen LogP contribution in [0.15, 0.2) is 54.6 Å². The van der Waals surface area contributed by atoms with Gasteiger partial charge in [-0.3, -0.25) is 9.59 Å². The number of halogens is 1. The van der Waals surface area contributed by atoms with Gasteiger partial charge in [0.25, 0.3) is 0 Å². The van der Waals surface area contributed by atoms with E-state index >= 15 is 0 Å². The van der Waals surface area contributed by atoms with Crippen LogP contribution in [-0.2, 0) is 32.1 Å². The minimum absolute atomic E-state index is 0. The summed E-state index contributed by atoms with van der Waals surface area (Å²) in [6, 6.07) is 13.0. The Labute approximate surface area is 219 Å². The van der Waals surface area contributed by atoms with E-state index in [9.17, 15) is 19.5 Å². The predicted molar refractivity (Wildman–Crippen MR) is 141 cm³/mol. The first-order valence-electron chi connectivity index (χ1n) is 12.0. The van der Waals surface area contributed by atoms with E-state index in [4.69, 9.17) is 10.5 Å². The summed E-state index contributed by atoms with van der Waals surface area (Å²) in [7, 11) is 0. The Hall–Kier alpha value is -3.10. The van der Waals surface area contributed by atoms with E-state index < -0.39 is 35.9 Å². The van der Waals surface area contributed by atoms with Crippen LogP contribution in [0.3, 0.4) is 0 Å². The molecule has 8 nitrogen and oxygen atoms in total. The highest BCUT2D eigenvalue weighted by molar-refractivity contribution is 5.92. The van der Waals surface area contributed by atoms with Gasteiger partial charge in [0.2, 0.25) is 11.8 Å². The minimum atomic E-state index is -0.967. The van der Waals surface area contributed by atoms with E-state index in [1.54, 1.807) is 12.1 Å². The standard InChI is InChI=1S/C27H37N3O5.ClH/c1-5-18(4)24(27(34)35-16-20-9-7-6-8-10-20)30-25(32)22(29-26(33)23(28)17(2)3)15-19-11-13-21(31)14-12-19;/h6-14,17-18,22-24,31H,5,15-16,28H2,1-4H3,(H,29,33)(H,30,32);1H/t18?,22-,23-,24-;/m0./s1. The number of benzene rings is 2. The lowest BCUT2D eigenvalue weighted by molar-refractivity contribution is -0.151. The normalized spacial score (nSPS) is 14.1. The summed E-state index contributed by atoms with van der Waals surface area (Å²) in [5.74, 6) is -1.71. The van der Waals surface area contributed by atoms with E-state index in [0.29, 0.717) is 6.42 Å². The highest BCUT2D eigenvalue weighted by Crippen LogP contribution is 2.14. The van der Waals surface area contributed by atoms with Crippen molar-refractivity contribution in [3.8, 4) is 5.75 Å². The number of hydrogen-bond acceptors (Lipinski definition) is 6. The Morgan fingerprint density at radius 1 is 0.917 bits per heavy atom. The van der Waals surface area contributed by atoms with Crippen molar-refractivity contribution in [1.29, 1.82) is 0 Å². The molecular weight excluding hydrogens is 482 g/mol. The molecule has 2 aromatic rings. The second-order valence-electron chi connectivity index (χ2n) is 9.17. The number of amides is 2. The second kappa shape index (κ2) is 15.1. The first kappa shape index (κ1) is 30.9. The molecule has 0 aliphatic heterocycles. The number of nitrogens with two attached hydrogens (primary N) is 1. The average Bonchev–Trinajstić information content (AvgIpc) is 2.86. The van der Waals surface area contributed by atoms with Crippen molar-refractivity contribution in [2.24, 2.45) is 17.6 Å². The van der Waals surface area contributed by atoms with Gasteiger partial charge in [0.05, 0.1) is 6.04 Å². The van der Waals surface area contributed by atoms with E-state index in [-0.39, 0.29) is 43.0 Å². The van der Waals surface area contributed by atoms with Crippen LogP contribution in [0.5, 0.6) is 5.75 Å². The number of phenols is 1. The number of aromatic hydroxyl groups is 1. The van der Waals surface area contributed by atoms with Gasteiger partial charge in [0, 0.05) is 6.42 Å². The Balaban J connectivity index is 0.00000648. The molecule has 0 radical (unpaired) electrons. The molecule has 198 valence electrons. The first-order valence-corrected chi connectivity index (χ1v) is 12.0. The molecule has 0 heterocycles. The van der Waals surface area contributed by atoms with Crippen molar-refractivity contribution in [3.63, 3.8) is 0 Å². The summed E-state index contributed by atoms with van der Waals surface area (Å²) >= 11 is 0. The summed E-state index contributed by atoms with van der Waals surface area (Å²) in [4.78, 5) is 38.9. The molecule has 2 amide bonds. The number of phenolic OH excluding ortho intramolecular Hbond substituents is 1. The van der Waals surface area contributed by atoms with Gasteiger partial charge in [-0.1, -0.05) is 76.6 Å². The van der Waals surface area contributed by atoms with Crippen molar-refractivity contribution < 1.29 is 24.2 Å². The first-order chi connectivity index (χ1) is 16.6. The van der Waals surface area contributed by atoms with Gasteiger partial charge in [-0.05, 0) is 35.1 Å². The van der Waals surface area contributed by atoms with E-state index in [1.165, 1.54) is 12.1 Å². The van der Waals surface area contributed by atoms with Crippen molar-refractivity contribution in [2.45, 2.75) is 65.3 Å². The lowest BCUT2D eigenvalue weighted by atomic mass is 9.97. The third kappa shape index (κ3) is 9.51. The fraction of sp³-hybridized carbons (Fsp3) is 0.444. The van der Waals surface area contributed by atoms with Crippen LogP contribution < -0.4 is 16.4 Å². The Bertz CT molecular complexity index is 969. The number of ether oxygens (including phenoxy) is 1. The Morgan fingerprint density at radius 3 is 2.08 bits per heavy atom. The lowest BCUT2D eigenvalue weighted by Gasteiger charge is -2.27. The Kier molecular flexibility index (Phi) is 13.0. The van der Waals surface area contributed by atoms with Gasteiger partial charge in [-0.25, -0.2) is 4.79 Å². The van der Waals surface area contributed by atoms with E-state index in [2.05, 4.69) is 10.6 Å². The molecule has 2 rings (SSSR count). The van der Waals surface area contributed by atoms with Gasteiger partial charge in [0.1, 0.15) is 24.4 Å².